The molecule has 0 aliphatic heterocycles. The molecule has 0 spiro atoms. The van der Waals surface area contributed by atoms with E-state index in [4.69, 9.17) is 12.2 Å². The molecule has 0 saturated heterocycles. The van der Waals surface area contributed by atoms with E-state index in [0.29, 0.717) is 0 Å². The number of thioether (sulfide) groups is 1. The summed E-state index contributed by atoms with van der Waals surface area (Å²) in [5, 5.41) is 0.843. The Balaban J connectivity index is 1.66. The smallest absolute Gasteiger partial charge is 0.133 e. The summed E-state index contributed by atoms with van der Waals surface area (Å²) in [6.45, 7) is 0. The molecule has 1 saturated carbocycles. The number of hydrogen-bond acceptors (Lipinski definition) is 3. The molecule has 3 rings (SSSR count). The molecule has 4 heteroatoms. The first-order chi connectivity index (χ1) is 8.83. The number of aromatic amines is 1. The van der Waals surface area contributed by atoms with E-state index >= 15 is 0 Å². The van der Waals surface area contributed by atoms with Crippen molar-refractivity contribution in [3.63, 3.8) is 0 Å². The van der Waals surface area contributed by atoms with Gasteiger partial charge in [0.15, 0.2) is 0 Å². The quantitative estimate of drug-likeness (QED) is 0.841. The normalized spacial score (nSPS) is 20.0. The van der Waals surface area contributed by atoms with Gasteiger partial charge >= 0.3 is 0 Å². The molecule has 0 bridgehead atoms. The van der Waals surface area contributed by atoms with Crippen LogP contribution in [0.2, 0.25) is 0 Å². The van der Waals surface area contributed by atoms with E-state index in [2.05, 4.69) is 21.7 Å². The van der Waals surface area contributed by atoms with Crippen molar-refractivity contribution in [2.45, 2.75) is 62.4 Å². The summed E-state index contributed by atoms with van der Waals surface area (Å²) in [4.78, 5) is 8.07. The molecule has 1 aromatic heterocycles. The van der Waals surface area contributed by atoms with Crippen molar-refractivity contribution in [1.29, 1.82) is 0 Å². The summed E-state index contributed by atoms with van der Waals surface area (Å²) >= 11 is 7.46. The van der Waals surface area contributed by atoms with Crippen molar-refractivity contribution < 1.29 is 0 Å². The summed E-state index contributed by atoms with van der Waals surface area (Å²) in [5.41, 5.74) is 2.66. The van der Waals surface area contributed by atoms with Crippen LogP contribution in [0.4, 0.5) is 0 Å². The second-order valence-electron chi connectivity index (χ2n) is 5.37. The molecule has 2 aliphatic carbocycles. The van der Waals surface area contributed by atoms with Crippen molar-refractivity contribution >= 4 is 24.0 Å². The molecular weight excluding hydrogens is 260 g/mol. The Kier molecular flexibility index (Phi) is 4.04. The van der Waals surface area contributed by atoms with Crippen molar-refractivity contribution in [2.24, 2.45) is 0 Å². The van der Waals surface area contributed by atoms with Crippen molar-refractivity contribution in [3.8, 4) is 0 Å². The lowest BCUT2D eigenvalue weighted by Crippen LogP contribution is -2.09. The molecule has 1 N–H and O–H groups in total. The Hall–Kier alpha value is -0.350. The third kappa shape index (κ3) is 2.80. The van der Waals surface area contributed by atoms with Gasteiger partial charge in [0.25, 0.3) is 0 Å². The van der Waals surface area contributed by atoms with Gasteiger partial charge in [-0.3, -0.25) is 0 Å². The lowest BCUT2D eigenvalue weighted by atomic mass is 10.0. The van der Waals surface area contributed by atoms with Gasteiger partial charge in [-0.25, -0.2) is 4.98 Å². The fraction of sp³-hybridized carbons (Fsp3) is 0.714. The molecule has 0 amide bonds. The minimum atomic E-state index is 0.843. The van der Waals surface area contributed by atoms with Gasteiger partial charge in [-0.2, -0.15) is 11.8 Å². The topological polar surface area (TPSA) is 28.7 Å². The highest BCUT2D eigenvalue weighted by atomic mass is 32.2. The number of aryl methyl sites for hydroxylation is 1. The van der Waals surface area contributed by atoms with Gasteiger partial charge in [-0.1, -0.05) is 31.5 Å². The van der Waals surface area contributed by atoms with Crippen molar-refractivity contribution in [2.75, 3.05) is 0 Å². The monoisotopic (exact) mass is 280 g/mol. The van der Waals surface area contributed by atoms with E-state index in [0.717, 1.165) is 34.3 Å². The summed E-state index contributed by atoms with van der Waals surface area (Å²) in [7, 11) is 0. The van der Waals surface area contributed by atoms with Crippen molar-refractivity contribution in [3.05, 3.63) is 21.7 Å². The molecule has 0 unspecified atom stereocenters. The minimum Gasteiger partial charge on any atom is -0.346 e. The highest BCUT2D eigenvalue weighted by molar-refractivity contribution is 7.99. The number of hydrogen-bond donors (Lipinski definition) is 1. The standard InChI is InChI=1S/C14H20N2S2/c17-14-11-7-4-8-12(11)15-13(16-14)9-18-10-5-2-1-3-6-10/h10H,1-9H2,(H,15,16,17). The van der Waals surface area contributed by atoms with Crippen LogP contribution < -0.4 is 0 Å². The van der Waals surface area contributed by atoms with Gasteiger partial charge in [-0.15, -0.1) is 0 Å². The van der Waals surface area contributed by atoms with Crippen LogP contribution >= 0.6 is 24.0 Å². The Morgan fingerprint density at radius 3 is 2.83 bits per heavy atom. The van der Waals surface area contributed by atoms with Crippen LogP contribution in [0.1, 0.15) is 55.6 Å². The molecule has 1 fully saturated rings. The Labute approximate surface area is 118 Å². The number of rotatable bonds is 3. The second-order valence-corrected chi connectivity index (χ2v) is 7.05. The van der Waals surface area contributed by atoms with E-state index in [1.165, 1.54) is 49.8 Å². The zero-order valence-corrected chi connectivity index (χ0v) is 12.3. The van der Waals surface area contributed by atoms with Crippen molar-refractivity contribution in [1.82, 2.24) is 9.97 Å². The van der Waals surface area contributed by atoms with Gasteiger partial charge in [0.05, 0.1) is 5.75 Å². The van der Waals surface area contributed by atoms with Gasteiger partial charge in [0.2, 0.25) is 0 Å². The number of aromatic nitrogens is 2. The lowest BCUT2D eigenvalue weighted by molar-refractivity contribution is 0.516. The maximum Gasteiger partial charge on any atom is 0.133 e. The number of H-pyrrole nitrogens is 1. The molecular formula is C14H20N2S2. The third-order valence-electron chi connectivity index (χ3n) is 4.02. The van der Waals surface area contributed by atoms with E-state index in [9.17, 15) is 0 Å². The maximum atomic E-state index is 5.40. The molecule has 98 valence electrons. The Bertz CT molecular complexity index is 475. The first-order valence-electron chi connectivity index (χ1n) is 7.05. The third-order valence-corrected chi connectivity index (χ3v) is 5.74. The molecule has 1 heterocycles. The van der Waals surface area contributed by atoms with Crippen LogP contribution in [0.15, 0.2) is 0 Å². The SMILES string of the molecule is S=c1nc(CSC2CCCCC2)[nH]c2c1CCC2. The molecule has 2 nitrogen and oxygen atoms in total. The lowest BCUT2D eigenvalue weighted by Gasteiger charge is -2.20. The van der Waals surface area contributed by atoms with Gasteiger partial charge in [0.1, 0.15) is 10.5 Å². The first-order valence-corrected chi connectivity index (χ1v) is 8.51. The summed E-state index contributed by atoms with van der Waals surface area (Å²) < 4.78 is 0.848. The molecule has 0 radical (unpaired) electrons. The van der Waals surface area contributed by atoms with E-state index in [-0.39, 0.29) is 0 Å². The molecule has 0 atom stereocenters. The Morgan fingerprint density at radius 2 is 2.00 bits per heavy atom. The van der Waals surface area contributed by atoms with Crippen LogP contribution in [-0.2, 0) is 18.6 Å². The van der Waals surface area contributed by atoms with Crippen LogP contribution in [0.25, 0.3) is 0 Å². The number of nitrogens with zero attached hydrogens (tertiary/aromatic N) is 1. The summed E-state index contributed by atoms with van der Waals surface area (Å²) in [6.07, 6.45) is 10.5. The zero-order valence-electron chi connectivity index (χ0n) is 10.7. The maximum absolute atomic E-state index is 5.40. The first kappa shape index (κ1) is 12.7. The fourth-order valence-corrected chi connectivity index (χ4v) is 4.54. The number of fused-ring (bicyclic) bond motifs is 1. The molecule has 1 aromatic rings. The highest BCUT2D eigenvalue weighted by Gasteiger charge is 2.17. The van der Waals surface area contributed by atoms with Gasteiger partial charge in [-0.05, 0) is 32.1 Å². The molecule has 2 aliphatic rings. The zero-order chi connectivity index (χ0) is 12.4. The molecule has 0 aromatic carbocycles. The van der Waals surface area contributed by atoms with Crippen LogP contribution in [0, 0.1) is 4.64 Å². The highest BCUT2D eigenvalue weighted by Crippen LogP contribution is 2.30. The average molecular weight is 280 g/mol. The largest absolute Gasteiger partial charge is 0.346 e. The van der Waals surface area contributed by atoms with Gasteiger partial charge < -0.3 is 4.98 Å². The van der Waals surface area contributed by atoms with E-state index in [1.807, 2.05) is 0 Å². The Morgan fingerprint density at radius 1 is 1.17 bits per heavy atom. The predicted octanol–water partition coefficient (Wildman–Crippen LogP) is 4.19. The van der Waals surface area contributed by atoms with E-state index in [1.54, 1.807) is 0 Å². The van der Waals surface area contributed by atoms with Crippen LogP contribution in [-0.4, -0.2) is 15.2 Å². The van der Waals surface area contributed by atoms with Crippen LogP contribution in [0.3, 0.4) is 0 Å². The summed E-state index contributed by atoms with van der Waals surface area (Å²) in [5.74, 6) is 2.10. The predicted molar refractivity (Wildman–Crippen MR) is 79.6 cm³/mol. The van der Waals surface area contributed by atoms with Crippen LogP contribution in [0.5, 0.6) is 0 Å². The van der Waals surface area contributed by atoms with Gasteiger partial charge in [0, 0.05) is 16.5 Å². The van der Waals surface area contributed by atoms with E-state index < -0.39 is 0 Å². The minimum absolute atomic E-state index is 0.843. The second kappa shape index (κ2) is 5.74. The average Bonchev–Trinajstić information content (AvgIpc) is 2.86. The summed E-state index contributed by atoms with van der Waals surface area (Å²) in [6, 6.07) is 0. The fourth-order valence-electron chi connectivity index (χ4n) is 3.01. The number of nitrogens with one attached hydrogen (secondary N) is 1. The molecule has 18 heavy (non-hydrogen) atoms.